The summed E-state index contributed by atoms with van der Waals surface area (Å²) in [6, 6.07) is 0. The highest BCUT2D eigenvalue weighted by molar-refractivity contribution is 5.75. The molecule has 0 radical (unpaired) electrons. The number of ether oxygens (including phenoxy) is 3. The van der Waals surface area contributed by atoms with Gasteiger partial charge in [-0.15, -0.1) is 0 Å². The number of aliphatic carboxylic acids is 1. The van der Waals surface area contributed by atoms with Crippen molar-refractivity contribution in [1.29, 1.82) is 0 Å². The Kier molecular flexibility index (Phi) is 3.91. The Balaban J connectivity index is 1.94. The van der Waals surface area contributed by atoms with Crippen molar-refractivity contribution in [3.8, 4) is 0 Å². The highest BCUT2D eigenvalue weighted by Gasteiger charge is 2.49. The van der Waals surface area contributed by atoms with Crippen LogP contribution in [0.25, 0.3) is 0 Å². The maximum atomic E-state index is 11.5. The minimum atomic E-state index is -0.724. The maximum absolute atomic E-state index is 11.5. The summed E-state index contributed by atoms with van der Waals surface area (Å²) in [7, 11) is 3.23. The molecule has 2 saturated heterocycles. The van der Waals surface area contributed by atoms with Gasteiger partial charge in [0.2, 0.25) is 0 Å². The zero-order valence-electron chi connectivity index (χ0n) is 11.0. The molecule has 0 saturated carbocycles. The van der Waals surface area contributed by atoms with Gasteiger partial charge >= 0.3 is 5.97 Å². The third kappa shape index (κ3) is 2.38. The Hall–Kier alpha value is -0.690. The van der Waals surface area contributed by atoms with Crippen LogP contribution in [0.2, 0.25) is 0 Å². The van der Waals surface area contributed by atoms with Crippen LogP contribution in [0.3, 0.4) is 0 Å². The van der Waals surface area contributed by atoms with Crippen LogP contribution in [-0.2, 0) is 19.0 Å². The van der Waals surface area contributed by atoms with Gasteiger partial charge < -0.3 is 19.3 Å². The molecule has 2 aliphatic rings. The summed E-state index contributed by atoms with van der Waals surface area (Å²) in [6.45, 7) is 2.84. The summed E-state index contributed by atoms with van der Waals surface area (Å²) in [5, 5.41) is 9.46. The third-order valence-electron chi connectivity index (χ3n) is 4.10. The molecule has 6 nitrogen and oxygen atoms in total. The molecule has 2 fully saturated rings. The first kappa shape index (κ1) is 13.7. The summed E-state index contributed by atoms with van der Waals surface area (Å²) in [5.41, 5.74) is -0.675. The van der Waals surface area contributed by atoms with Crippen molar-refractivity contribution < 1.29 is 24.1 Å². The van der Waals surface area contributed by atoms with E-state index in [9.17, 15) is 9.90 Å². The highest BCUT2D eigenvalue weighted by Crippen LogP contribution is 2.35. The Morgan fingerprint density at radius 1 is 1.28 bits per heavy atom. The Morgan fingerprint density at radius 2 is 1.83 bits per heavy atom. The van der Waals surface area contributed by atoms with E-state index in [-0.39, 0.29) is 0 Å². The second kappa shape index (κ2) is 5.13. The Bertz CT molecular complexity index is 302. The van der Waals surface area contributed by atoms with E-state index < -0.39 is 17.2 Å². The molecule has 6 heteroatoms. The highest BCUT2D eigenvalue weighted by atomic mass is 16.7. The normalized spacial score (nSPS) is 26.6. The fourth-order valence-corrected chi connectivity index (χ4v) is 2.72. The summed E-state index contributed by atoms with van der Waals surface area (Å²) >= 11 is 0. The van der Waals surface area contributed by atoms with E-state index in [0.29, 0.717) is 45.7 Å². The summed E-state index contributed by atoms with van der Waals surface area (Å²) in [6.07, 6.45) is 1.15. The van der Waals surface area contributed by atoms with E-state index in [2.05, 4.69) is 4.90 Å². The molecule has 0 aromatic carbocycles. The molecule has 0 atom stereocenters. The van der Waals surface area contributed by atoms with E-state index in [1.165, 1.54) is 0 Å². The fourth-order valence-electron chi connectivity index (χ4n) is 2.72. The van der Waals surface area contributed by atoms with Gasteiger partial charge in [-0.25, -0.2) is 0 Å². The zero-order valence-corrected chi connectivity index (χ0v) is 11.0. The molecule has 0 aliphatic carbocycles. The maximum Gasteiger partial charge on any atom is 0.311 e. The SMILES string of the molecule is COC1(OC)CN(CC2(C(=O)O)CCOCC2)C1. The molecule has 2 aliphatic heterocycles. The Morgan fingerprint density at radius 3 is 2.28 bits per heavy atom. The minimum absolute atomic E-state index is 0.528. The van der Waals surface area contributed by atoms with Gasteiger partial charge in [-0.3, -0.25) is 9.69 Å². The predicted octanol–water partition coefficient (Wildman–Crippen LogP) is 0.173. The quantitative estimate of drug-likeness (QED) is 0.710. The van der Waals surface area contributed by atoms with Crippen molar-refractivity contribution in [3.05, 3.63) is 0 Å². The number of carbonyl (C=O) groups is 1. The smallest absolute Gasteiger partial charge is 0.311 e. The molecule has 0 aromatic rings. The van der Waals surface area contributed by atoms with Crippen LogP contribution in [0.4, 0.5) is 0 Å². The van der Waals surface area contributed by atoms with E-state index >= 15 is 0 Å². The standard InChI is InChI=1S/C12H21NO5/c1-16-12(17-2)8-13(9-12)7-11(10(14)15)3-5-18-6-4-11/h3-9H2,1-2H3,(H,14,15). The van der Waals surface area contributed by atoms with Crippen LogP contribution in [0.15, 0.2) is 0 Å². The molecule has 18 heavy (non-hydrogen) atoms. The van der Waals surface area contributed by atoms with Crippen LogP contribution < -0.4 is 0 Å². The van der Waals surface area contributed by atoms with Crippen LogP contribution in [0, 0.1) is 5.41 Å². The lowest BCUT2D eigenvalue weighted by Crippen LogP contribution is -2.66. The minimum Gasteiger partial charge on any atom is -0.481 e. The van der Waals surface area contributed by atoms with Gasteiger partial charge in [0.25, 0.3) is 0 Å². The van der Waals surface area contributed by atoms with E-state index in [1.54, 1.807) is 14.2 Å². The topological polar surface area (TPSA) is 68.2 Å². The van der Waals surface area contributed by atoms with Gasteiger partial charge in [-0.1, -0.05) is 0 Å². The number of likely N-dealkylation sites (tertiary alicyclic amines) is 1. The first-order valence-corrected chi connectivity index (χ1v) is 6.20. The third-order valence-corrected chi connectivity index (χ3v) is 4.10. The van der Waals surface area contributed by atoms with Crippen molar-refractivity contribution in [1.82, 2.24) is 4.90 Å². The summed E-state index contributed by atoms with van der Waals surface area (Å²) < 4.78 is 15.9. The van der Waals surface area contributed by atoms with Crippen molar-refractivity contribution in [3.63, 3.8) is 0 Å². The first-order chi connectivity index (χ1) is 8.56. The second-order valence-corrected chi connectivity index (χ2v) is 5.16. The number of carboxylic acid groups (broad SMARTS) is 1. The van der Waals surface area contributed by atoms with Gasteiger partial charge in [0.15, 0.2) is 5.79 Å². The van der Waals surface area contributed by atoms with E-state index in [0.717, 1.165) is 0 Å². The molecular weight excluding hydrogens is 238 g/mol. The van der Waals surface area contributed by atoms with Gasteiger partial charge in [0, 0.05) is 34.0 Å². The Labute approximate surface area is 107 Å². The molecule has 2 heterocycles. The number of hydrogen-bond donors (Lipinski definition) is 1. The molecule has 2 rings (SSSR count). The fraction of sp³-hybridized carbons (Fsp3) is 0.917. The van der Waals surface area contributed by atoms with Crippen LogP contribution in [-0.4, -0.2) is 68.8 Å². The average molecular weight is 259 g/mol. The lowest BCUT2D eigenvalue weighted by atomic mass is 9.79. The van der Waals surface area contributed by atoms with Crippen LogP contribution >= 0.6 is 0 Å². The van der Waals surface area contributed by atoms with Crippen molar-refractivity contribution in [2.24, 2.45) is 5.41 Å². The second-order valence-electron chi connectivity index (χ2n) is 5.16. The molecule has 0 amide bonds. The van der Waals surface area contributed by atoms with E-state index in [4.69, 9.17) is 14.2 Å². The summed E-state index contributed by atoms with van der Waals surface area (Å²) in [4.78, 5) is 13.6. The number of rotatable bonds is 5. The van der Waals surface area contributed by atoms with Gasteiger partial charge in [-0.05, 0) is 12.8 Å². The van der Waals surface area contributed by atoms with Gasteiger partial charge in [-0.2, -0.15) is 0 Å². The largest absolute Gasteiger partial charge is 0.481 e. The number of methoxy groups -OCH3 is 2. The molecule has 0 bridgehead atoms. The number of nitrogens with zero attached hydrogens (tertiary/aromatic N) is 1. The number of carboxylic acids is 1. The van der Waals surface area contributed by atoms with Crippen LogP contribution in [0.5, 0.6) is 0 Å². The molecular formula is C12H21NO5. The van der Waals surface area contributed by atoms with Crippen molar-refractivity contribution in [2.75, 3.05) is 47.1 Å². The first-order valence-electron chi connectivity index (χ1n) is 6.20. The molecule has 0 aromatic heterocycles. The lowest BCUT2D eigenvalue weighted by molar-refractivity contribution is -0.279. The van der Waals surface area contributed by atoms with Gasteiger partial charge in [0.05, 0.1) is 18.5 Å². The molecule has 0 spiro atoms. The lowest BCUT2D eigenvalue weighted by Gasteiger charge is -2.50. The van der Waals surface area contributed by atoms with Crippen LogP contribution in [0.1, 0.15) is 12.8 Å². The summed E-state index contributed by atoms with van der Waals surface area (Å²) in [5.74, 6) is -1.27. The monoisotopic (exact) mass is 259 g/mol. The number of hydrogen-bond acceptors (Lipinski definition) is 5. The van der Waals surface area contributed by atoms with Crippen molar-refractivity contribution >= 4 is 5.97 Å². The molecule has 1 N–H and O–H groups in total. The van der Waals surface area contributed by atoms with Gasteiger partial charge in [0.1, 0.15) is 0 Å². The average Bonchev–Trinajstić information content (AvgIpc) is 2.34. The van der Waals surface area contributed by atoms with E-state index in [1.807, 2.05) is 0 Å². The zero-order chi connectivity index (χ0) is 13.2. The molecule has 0 unspecified atom stereocenters. The predicted molar refractivity (Wildman–Crippen MR) is 63.3 cm³/mol. The van der Waals surface area contributed by atoms with Crippen molar-refractivity contribution in [2.45, 2.75) is 18.6 Å². The molecule has 104 valence electrons.